The maximum absolute atomic E-state index is 6.19. The van der Waals surface area contributed by atoms with Crippen LogP contribution in [0.5, 0.6) is 5.75 Å². The fourth-order valence-electron chi connectivity index (χ4n) is 1.94. The molecule has 0 amide bonds. The summed E-state index contributed by atoms with van der Waals surface area (Å²) in [6, 6.07) is 7.81. The number of nitrogens with two attached hydrogens (primary N) is 1. The summed E-state index contributed by atoms with van der Waals surface area (Å²) in [5.41, 5.74) is 8.13. The Balaban J connectivity index is 2.43. The molecule has 0 spiro atoms. The average Bonchev–Trinajstić information content (AvgIpc) is 2.68. The maximum Gasteiger partial charge on any atom is 0.141 e. The van der Waals surface area contributed by atoms with Crippen LogP contribution in [0.4, 0.5) is 5.82 Å². The number of nitrogen functional groups attached to an aromatic ring is 1. The van der Waals surface area contributed by atoms with Crippen LogP contribution in [0.25, 0.3) is 5.69 Å². The summed E-state index contributed by atoms with van der Waals surface area (Å²) in [6.45, 7) is 9.05. The molecule has 1 heterocycles. The third kappa shape index (κ3) is 2.92. The summed E-state index contributed by atoms with van der Waals surface area (Å²) in [6.07, 6.45) is 0. The maximum atomic E-state index is 6.19. The van der Waals surface area contributed by atoms with Gasteiger partial charge in [-0.25, -0.2) is 4.68 Å². The first-order valence-electron chi connectivity index (χ1n) is 6.62. The number of rotatable bonds is 3. The standard InChI is InChI=1S/C15H20IN3O/c1-5-20-11-8-6-10(7-9-11)19-14(17)12(16)13(18-19)15(2,3)4/h6-9H,5,17H2,1-4H3. The van der Waals surface area contributed by atoms with Crippen molar-refractivity contribution < 1.29 is 4.74 Å². The third-order valence-corrected chi connectivity index (χ3v) is 4.03. The molecule has 4 nitrogen and oxygen atoms in total. The molecular formula is C15H20IN3O. The molecule has 108 valence electrons. The van der Waals surface area contributed by atoms with E-state index >= 15 is 0 Å². The van der Waals surface area contributed by atoms with E-state index in [9.17, 15) is 0 Å². The molecule has 2 aromatic rings. The van der Waals surface area contributed by atoms with Gasteiger partial charge in [0.1, 0.15) is 11.6 Å². The third-order valence-electron chi connectivity index (χ3n) is 2.96. The zero-order valence-electron chi connectivity index (χ0n) is 12.3. The van der Waals surface area contributed by atoms with Crippen molar-refractivity contribution in [3.63, 3.8) is 0 Å². The number of anilines is 1. The molecule has 0 radical (unpaired) electrons. The smallest absolute Gasteiger partial charge is 0.141 e. The first-order chi connectivity index (χ1) is 9.34. The van der Waals surface area contributed by atoms with Gasteiger partial charge < -0.3 is 10.5 Å². The highest BCUT2D eigenvalue weighted by atomic mass is 127. The van der Waals surface area contributed by atoms with Gasteiger partial charge in [-0.1, -0.05) is 20.8 Å². The van der Waals surface area contributed by atoms with Crippen LogP contribution in [0, 0.1) is 3.57 Å². The minimum Gasteiger partial charge on any atom is -0.494 e. The van der Waals surface area contributed by atoms with E-state index in [1.165, 1.54) is 0 Å². The zero-order valence-corrected chi connectivity index (χ0v) is 14.4. The van der Waals surface area contributed by atoms with Crippen LogP contribution in [0.2, 0.25) is 0 Å². The Hall–Kier alpha value is -1.24. The Morgan fingerprint density at radius 1 is 1.25 bits per heavy atom. The highest BCUT2D eigenvalue weighted by Crippen LogP contribution is 2.31. The topological polar surface area (TPSA) is 53.1 Å². The first-order valence-corrected chi connectivity index (χ1v) is 7.70. The largest absolute Gasteiger partial charge is 0.494 e. The van der Waals surface area contributed by atoms with Crippen molar-refractivity contribution in [1.82, 2.24) is 9.78 Å². The van der Waals surface area contributed by atoms with E-state index in [-0.39, 0.29) is 5.41 Å². The van der Waals surface area contributed by atoms with Gasteiger partial charge in [-0.15, -0.1) is 0 Å². The van der Waals surface area contributed by atoms with Crippen LogP contribution in [-0.4, -0.2) is 16.4 Å². The van der Waals surface area contributed by atoms with Crippen molar-refractivity contribution in [2.24, 2.45) is 0 Å². The van der Waals surface area contributed by atoms with Crippen molar-refractivity contribution >= 4 is 28.4 Å². The van der Waals surface area contributed by atoms with E-state index in [1.54, 1.807) is 4.68 Å². The predicted octanol–water partition coefficient (Wildman–Crippen LogP) is 3.76. The quantitative estimate of drug-likeness (QED) is 0.819. The van der Waals surface area contributed by atoms with Crippen molar-refractivity contribution in [3.8, 4) is 11.4 Å². The molecule has 0 fully saturated rings. The fourth-order valence-corrected chi connectivity index (χ4v) is 3.08. The molecule has 0 unspecified atom stereocenters. The lowest BCUT2D eigenvalue weighted by atomic mass is 9.92. The van der Waals surface area contributed by atoms with Gasteiger partial charge in [-0.2, -0.15) is 5.10 Å². The van der Waals surface area contributed by atoms with Gasteiger partial charge in [0.25, 0.3) is 0 Å². The molecule has 0 aliphatic rings. The van der Waals surface area contributed by atoms with E-state index in [0.717, 1.165) is 20.7 Å². The van der Waals surface area contributed by atoms with Crippen LogP contribution in [0.1, 0.15) is 33.4 Å². The number of ether oxygens (including phenoxy) is 1. The molecule has 0 saturated carbocycles. The summed E-state index contributed by atoms with van der Waals surface area (Å²) >= 11 is 2.26. The fraction of sp³-hybridized carbons (Fsp3) is 0.400. The van der Waals surface area contributed by atoms with Gasteiger partial charge in [0.15, 0.2) is 0 Å². The molecule has 0 atom stereocenters. The van der Waals surface area contributed by atoms with Gasteiger partial charge in [-0.05, 0) is 53.8 Å². The van der Waals surface area contributed by atoms with Crippen LogP contribution in [0.3, 0.4) is 0 Å². The highest BCUT2D eigenvalue weighted by Gasteiger charge is 2.24. The van der Waals surface area contributed by atoms with Gasteiger partial charge >= 0.3 is 0 Å². The number of halogens is 1. The molecular weight excluding hydrogens is 365 g/mol. The van der Waals surface area contributed by atoms with Crippen LogP contribution in [0.15, 0.2) is 24.3 Å². The SMILES string of the molecule is CCOc1ccc(-n2nc(C(C)(C)C)c(I)c2N)cc1. The Bertz CT molecular complexity index is 597. The summed E-state index contributed by atoms with van der Waals surface area (Å²) in [5, 5.41) is 4.67. The average molecular weight is 385 g/mol. The lowest BCUT2D eigenvalue weighted by Gasteiger charge is -2.15. The van der Waals surface area contributed by atoms with Crippen molar-refractivity contribution in [2.75, 3.05) is 12.3 Å². The van der Waals surface area contributed by atoms with E-state index in [0.29, 0.717) is 12.4 Å². The number of nitrogens with zero attached hydrogens (tertiary/aromatic N) is 2. The van der Waals surface area contributed by atoms with Gasteiger partial charge in [0, 0.05) is 5.41 Å². The molecule has 0 saturated heterocycles. The second-order valence-electron chi connectivity index (χ2n) is 5.64. The predicted molar refractivity (Wildman–Crippen MR) is 90.6 cm³/mol. The summed E-state index contributed by atoms with van der Waals surface area (Å²) in [4.78, 5) is 0. The number of aromatic nitrogens is 2. The van der Waals surface area contributed by atoms with E-state index in [4.69, 9.17) is 10.5 Å². The second-order valence-corrected chi connectivity index (χ2v) is 6.72. The van der Waals surface area contributed by atoms with Crippen LogP contribution in [-0.2, 0) is 5.41 Å². The lowest BCUT2D eigenvalue weighted by Crippen LogP contribution is -2.14. The molecule has 0 bridgehead atoms. The van der Waals surface area contributed by atoms with E-state index in [2.05, 4.69) is 48.5 Å². The monoisotopic (exact) mass is 385 g/mol. The second kappa shape index (κ2) is 5.63. The normalized spacial score (nSPS) is 11.7. The Morgan fingerprint density at radius 3 is 2.30 bits per heavy atom. The van der Waals surface area contributed by atoms with Crippen LogP contribution < -0.4 is 10.5 Å². The molecule has 5 heteroatoms. The Kier molecular flexibility index (Phi) is 4.27. The van der Waals surface area contributed by atoms with E-state index < -0.39 is 0 Å². The molecule has 2 N–H and O–H groups in total. The summed E-state index contributed by atoms with van der Waals surface area (Å²) in [5.74, 6) is 1.53. The lowest BCUT2D eigenvalue weighted by molar-refractivity contribution is 0.340. The first kappa shape index (κ1) is 15.2. The molecule has 1 aromatic carbocycles. The number of hydrogen-bond donors (Lipinski definition) is 1. The highest BCUT2D eigenvalue weighted by molar-refractivity contribution is 14.1. The van der Waals surface area contributed by atoms with Gasteiger partial charge in [0.2, 0.25) is 0 Å². The minimum absolute atomic E-state index is 0.0266. The Labute approximate surface area is 133 Å². The van der Waals surface area contributed by atoms with Gasteiger partial charge in [-0.3, -0.25) is 0 Å². The molecule has 2 rings (SSSR count). The van der Waals surface area contributed by atoms with Crippen molar-refractivity contribution in [2.45, 2.75) is 33.1 Å². The Morgan fingerprint density at radius 2 is 1.85 bits per heavy atom. The summed E-state index contributed by atoms with van der Waals surface area (Å²) < 4.78 is 8.26. The minimum atomic E-state index is -0.0266. The number of hydrogen-bond acceptors (Lipinski definition) is 3. The van der Waals surface area contributed by atoms with Crippen molar-refractivity contribution in [3.05, 3.63) is 33.5 Å². The molecule has 1 aromatic heterocycles. The van der Waals surface area contributed by atoms with Crippen LogP contribution >= 0.6 is 22.6 Å². The van der Waals surface area contributed by atoms with E-state index in [1.807, 2.05) is 31.2 Å². The van der Waals surface area contributed by atoms with Crippen molar-refractivity contribution in [1.29, 1.82) is 0 Å². The molecule has 0 aliphatic heterocycles. The zero-order chi connectivity index (χ0) is 14.9. The summed E-state index contributed by atoms with van der Waals surface area (Å²) in [7, 11) is 0. The number of benzene rings is 1. The van der Waals surface area contributed by atoms with Gasteiger partial charge in [0.05, 0.1) is 21.6 Å². The molecule has 20 heavy (non-hydrogen) atoms. The molecule has 0 aliphatic carbocycles.